The fourth-order valence-electron chi connectivity index (χ4n) is 9.06. The van der Waals surface area contributed by atoms with E-state index in [9.17, 15) is 28.8 Å². The highest BCUT2D eigenvalue weighted by Crippen LogP contribution is 2.37. The number of para-hydroxylation sites is 1. The summed E-state index contributed by atoms with van der Waals surface area (Å²) in [5.41, 5.74) is 9.62. The SMILES string of the molecule is CC[C@H](NC)C(=O)N[C@H](C(=O)N1c2nc(-c3ccc(NC(=O)[C@@H]4Cc5cccnc5N4C(=O)[C@@H](NC(=O)[C@H](C)N)C4CCCCC4)cc3)ccc2C[C@H]1C(=O)Nc1ccccc1)C(C)C. The van der Waals surface area contributed by atoms with E-state index in [1.807, 2.05) is 57.2 Å². The first-order valence-electron chi connectivity index (χ1n) is 22.7. The third-order valence-electron chi connectivity index (χ3n) is 12.7. The molecular weight excluding hydrogens is 825 g/mol. The Morgan fingerprint density at radius 3 is 1.92 bits per heavy atom. The molecule has 2 aliphatic heterocycles. The summed E-state index contributed by atoms with van der Waals surface area (Å²) in [7, 11) is 1.69. The van der Waals surface area contributed by atoms with Gasteiger partial charge in [-0.3, -0.25) is 38.6 Å². The van der Waals surface area contributed by atoms with E-state index in [1.54, 1.807) is 62.6 Å². The Hall–Kier alpha value is -6.52. The molecule has 0 bridgehead atoms. The molecule has 3 aliphatic rings. The number of carbonyl (C=O) groups is 6. The van der Waals surface area contributed by atoms with Crippen molar-refractivity contribution in [2.75, 3.05) is 27.5 Å². The van der Waals surface area contributed by atoms with E-state index in [1.165, 1.54) is 9.80 Å². The second kappa shape index (κ2) is 20.5. The number of fused-ring (bicyclic) bond motifs is 2. The Morgan fingerprint density at radius 2 is 1.32 bits per heavy atom. The predicted octanol–water partition coefficient (Wildman–Crippen LogP) is 4.49. The summed E-state index contributed by atoms with van der Waals surface area (Å²) in [4.78, 5) is 96.0. The Balaban J connectivity index is 1.13. The van der Waals surface area contributed by atoms with Crippen LogP contribution < -0.4 is 42.1 Å². The number of nitrogens with two attached hydrogens (primary N) is 1. The molecule has 0 spiro atoms. The molecule has 6 atom stereocenters. The minimum Gasteiger partial charge on any atom is -0.343 e. The van der Waals surface area contributed by atoms with Gasteiger partial charge in [0.05, 0.1) is 17.8 Å². The number of aromatic nitrogens is 2. The highest BCUT2D eigenvalue weighted by Gasteiger charge is 2.46. The number of hydrogen-bond donors (Lipinski definition) is 6. The van der Waals surface area contributed by atoms with Crippen LogP contribution in [0, 0.1) is 11.8 Å². The van der Waals surface area contributed by atoms with Gasteiger partial charge in [0.2, 0.25) is 23.6 Å². The first kappa shape index (κ1) is 46.5. The molecule has 342 valence electrons. The molecule has 4 heterocycles. The molecule has 65 heavy (non-hydrogen) atoms. The van der Waals surface area contributed by atoms with Gasteiger partial charge in [-0.05, 0) is 92.6 Å². The lowest BCUT2D eigenvalue weighted by Crippen LogP contribution is -2.58. The van der Waals surface area contributed by atoms with Crippen molar-refractivity contribution in [2.24, 2.45) is 17.6 Å². The van der Waals surface area contributed by atoms with Gasteiger partial charge in [-0.2, -0.15) is 0 Å². The van der Waals surface area contributed by atoms with E-state index in [0.717, 1.165) is 37.7 Å². The molecule has 16 heteroatoms. The fourth-order valence-corrected chi connectivity index (χ4v) is 9.06. The topological polar surface area (TPSA) is 221 Å². The van der Waals surface area contributed by atoms with Crippen LogP contribution in [-0.4, -0.2) is 88.7 Å². The number of rotatable bonds is 15. The minimum atomic E-state index is -0.947. The first-order chi connectivity index (χ1) is 31.3. The van der Waals surface area contributed by atoms with Crippen LogP contribution in [-0.2, 0) is 41.6 Å². The van der Waals surface area contributed by atoms with Crippen molar-refractivity contribution in [1.29, 1.82) is 0 Å². The molecule has 1 aliphatic carbocycles. The van der Waals surface area contributed by atoms with E-state index in [4.69, 9.17) is 10.7 Å². The largest absolute Gasteiger partial charge is 0.343 e. The van der Waals surface area contributed by atoms with Gasteiger partial charge in [0.25, 0.3) is 11.8 Å². The number of carbonyl (C=O) groups excluding carboxylic acids is 6. The molecule has 2 aromatic heterocycles. The Kier molecular flexibility index (Phi) is 14.7. The number of pyridine rings is 2. The fraction of sp³-hybridized carbons (Fsp3) is 0.429. The average Bonchev–Trinajstić information content (AvgIpc) is 3.90. The average molecular weight is 885 g/mol. The van der Waals surface area contributed by atoms with Crippen LogP contribution in [0.15, 0.2) is 85.1 Å². The second-order valence-corrected chi connectivity index (χ2v) is 17.6. The zero-order chi connectivity index (χ0) is 46.4. The predicted molar refractivity (Wildman–Crippen MR) is 250 cm³/mol. The third-order valence-corrected chi connectivity index (χ3v) is 12.7. The second-order valence-electron chi connectivity index (χ2n) is 17.6. The molecule has 7 rings (SSSR count). The lowest BCUT2D eigenvalue weighted by molar-refractivity contribution is -0.130. The summed E-state index contributed by atoms with van der Waals surface area (Å²) < 4.78 is 0. The van der Waals surface area contributed by atoms with Gasteiger partial charge in [-0.15, -0.1) is 0 Å². The third kappa shape index (κ3) is 10.2. The maximum atomic E-state index is 14.7. The normalized spacial score (nSPS) is 18.8. The Bertz CT molecular complexity index is 2380. The van der Waals surface area contributed by atoms with Gasteiger partial charge in [-0.1, -0.05) is 82.5 Å². The van der Waals surface area contributed by atoms with Gasteiger partial charge < -0.3 is 32.3 Å². The molecule has 16 nitrogen and oxygen atoms in total. The summed E-state index contributed by atoms with van der Waals surface area (Å²) >= 11 is 0. The van der Waals surface area contributed by atoms with Crippen molar-refractivity contribution in [3.05, 3.63) is 96.2 Å². The summed E-state index contributed by atoms with van der Waals surface area (Å²) in [6.45, 7) is 7.15. The van der Waals surface area contributed by atoms with E-state index >= 15 is 0 Å². The number of hydrogen-bond acceptors (Lipinski definition) is 10. The minimum absolute atomic E-state index is 0.104. The van der Waals surface area contributed by atoms with Crippen molar-refractivity contribution in [3.8, 4) is 11.3 Å². The lowest BCUT2D eigenvalue weighted by Gasteiger charge is -2.34. The maximum Gasteiger partial charge on any atom is 0.251 e. The highest BCUT2D eigenvalue weighted by molar-refractivity contribution is 6.10. The number of nitrogens with one attached hydrogen (secondary N) is 5. The first-order valence-corrected chi connectivity index (χ1v) is 22.7. The van der Waals surface area contributed by atoms with E-state index in [-0.39, 0.29) is 42.4 Å². The number of anilines is 4. The number of benzene rings is 2. The maximum absolute atomic E-state index is 14.7. The lowest BCUT2D eigenvalue weighted by atomic mass is 9.83. The van der Waals surface area contributed by atoms with Crippen molar-refractivity contribution in [2.45, 2.75) is 115 Å². The molecule has 6 amide bonds. The van der Waals surface area contributed by atoms with Crippen molar-refractivity contribution in [3.63, 3.8) is 0 Å². The van der Waals surface area contributed by atoms with Crippen molar-refractivity contribution >= 4 is 58.5 Å². The highest BCUT2D eigenvalue weighted by atomic mass is 16.2. The summed E-state index contributed by atoms with van der Waals surface area (Å²) in [5.74, 6) is -2.10. The van der Waals surface area contributed by atoms with Gasteiger partial charge in [-0.25, -0.2) is 9.97 Å². The molecule has 0 unspecified atom stereocenters. The molecule has 0 radical (unpaired) electrons. The van der Waals surface area contributed by atoms with Crippen LogP contribution in [0.25, 0.3) is 11.3 Å². The summed E-state index contributed by atoms with van der Waals surface area (Å²) in [6, 6.07) is 18.4. The van der Waals surface area contributed by atoms with E-state index in [0.29, 0.717) is 46.3 Å². The quantitative estimate of drug-likeness (QED) is 0.0983. The monoisotopic (exact) mass is 884 g/mol. The van der Waals surface area contributed by atoms with Crippen LogP contribution in [0.4, 0.5) is 23.0 Å². The summed E-state index contributed by atoms with van der Waals surface area (Å²) in [6.07, 6.45) is 7.04. The van der Waals surface area contributed by atoms with Crippen LogP contribution in [0.1, 0.15) is 77.3 Å². The molecule has 1 saturated carbocycles. The van der Waals surface area contributed by atoms with E-state index in [2.05, 4.69) is 31.6 Å². The molecule has 7 N–H and O–H groups in total. The number of amides is 6. The molecule has 0 saturated heterocycles. The van der Waals surface area contributed by atoms with Crippen LogP contribution >= 0.6 is 0 Å². The van der Waals surface area contributed by atoms with Crippen LogP contribution in [0.5, 0.6) is 0 Å². The van der Waals surface area contributed by atoms with Crippen molar-refractivity contribution < 1.29 is 28.8 Å². The number of likely N-dealkylation sites (N-methyl/N-ethyl adjacent to an activating group) is 1. The van der Waals surface area contributed by atoms with Crippen molar-refractivity contribution in [1.82, 2.24) is 25.9 Å². The zero-order valence-corrected chi connectivity index (χ0v) is 37.7. The molecule has 4 aromatic rings. The van der Waals surface area contributed by atoms with Gasteiger partial charge in [0.15, 0.2) is 0 Å². The molecule has 2 aromatic carbocycles. The molecule has 1 fully saturated rings. The van der Waals surface area contributed by atoms with Gasteiger partial charge in [0.1, 0.15) is 35.8 Å². The van der Waals surface area contributed by atoms with E-state index < -0.39 is 54.0 Å². The Labute approximate surface area is 379 Å². The van der Waals surface area contributed by atoms with Gasteiger partial charge >= 0.3 is 0 Å². The standard InChI is InChI=1S/C49H60N10O6/c1-6-36(51-5)45(61)56-40(28(2)3)48(64)59-39(47(63)53-34-17-11-8-12-18-34)27-33-21-24-37(55-43(33)59)30-19-22-35(23-20-30)54-46(62)38-26-32-16-13-25-52-42(32)58(38)49(65)41(57-44(60)29(4)50)31-14-9-7-10-15-31/h8,11-13,16-25,28-29,31,36,38-41,51H,6-7,9-10,14-15,26-27,50H2,1-5H3,(H,53,63)(H,54,62)(H,56,61)(H,57,60)/t29-,36-,38-,39-,40-,41-/m0/s1. The Morgan fingerprint density at radius 1 is 0.708 bits per heavy atom. The smallest absolute Gasteiger partial charge is 0.251 e. The molecular formula is C49H60N10O6. The van der Waals surface area contributed by atoms with Gasteiger partial charge in [0, 0.05) is 36.0 Å². The number of nitrogens with zero attached hydrogens (tertiary/aromatic N) is 4. The van der Waals surface area contributed by atoms with Crippen LogP contribution in [0.3, 0.4) is 0 Å². The van der Waals surface area contributed by atoms with Crippen LogP contribution in [0.2, 0.25) is 0 Å². The summed E-state index contributed by atoms with van der Waals surface area (Å²) in [5, 5.41) is 14.8. The zero-order valence-electron chi connectivity index (χ0n) is 37.7.